The number of nitrogens with zero attached hydrogens (tertiary/aromatic N) is 1. The lowest BCUT2D eigenvalue weighted by Crippen LogP contribution is -2.51. The molecule has 114 valence electrons. The molecule has 0 N–H and O–H groups in total. The molecule has 1 aliphatic heterocycles. The molecule has 1 atom stereocenters. The normalized spacial score (nSPS) is 29.6. The van der Waals surface area contributed by atoms with Crippen LogP contribution in [-0.4, -0.2) is 36.0 Å². The van der Waals surface area contributed by atoms with E-state index in [0.717, 1.165) is 19.3 Å². The number of hydrogen-bond donors (Lipinski definition) is 0. The maximum Gasteiger partial charge on any atom is 0.328 e. The summed E-state index contributed by atoms with van der Waals surface area (Å²) in [6.07, 6.45) is 4.16. The molecule has 4 nitrogen and oxygen atoms in total. The van der Waals surface area contributed by atoms with Gasteiger partial charge in [0.15, 0.2) is 0 Å². The number of amides is 1. The molecule has 2 rings (SSSR count). The van der Waals surface area contributed by atoms with Gasteiger partial charge in [0.05, 0.1) is 7.11 Å². The second kappa shape index (κ2) is 5.05. The van der Waals surface area contributed by atoms with Gasteiger partial charge >= 0.3 is 5.97 Å². The summed E-state index contributed by atoms with van der Waals surface area (Å²) in [4.78, 5) is 26.0. The lowest BCUT2D eigenvalue weighted by Gasteiger charge is -2.48. The van der Waals surface area contributed by atoms with Crippen molar-refractivity contribution in [3.63, 3.8) is 0 Å². The van der Waals surface area contributed by atoms with Crippen LogP contribution in [0.4, 0.5) is 0 Å². The maximum atomic E-state index is 12.2. The van der Waals surface area contributed by atoms with Gasteiger partial charge in [0.2, 0.25) is 5.91 Å². The Labute approximate surface area is 121 Å². The van der Waals surface area contributed by atoms with Crippen molar-refractivity contribution >= 4 is 11.9 Å². The third-order valence-corrected chi connectivity index (χ3v) is 4.66. The van der Waals surface area contributed by atoms with Crippen LogP contribution in [0.1, 0.15) is 59.8 Å². The smallest absolute Gasteiger partial charge is 0.328 e. The summed E-state index contributed by atoms with van der Waals surface area (Å²) >= 11 is 0. The lowest BCUT2D eigenvalue weighted by atomic mass is 9.63. The fourth-order valence-corrected chi connectivity index (χ4v) is 4.51. The summed E-state index contributed by atoms with van der Waals surface area (Å²) in [6, 6.07) is -0.213. The van der Waals surface area contributed by atoms with Gasteiger partial charge in [0, 0.05) is 12.5 Å². The Morgan fingerprint density at radius 3 is 2.25 bits per heavy atom. The molecular weight excluding hydrogens is 254 g/mol. The van der Waals surface area contributed by atoms with Crippen molar-refractivity contribution in [1.29, 1.82) is 0 Å². The van der Waals surface area contributed by atoms with E-state index >= 15 is 0 Å². The number of hydrogen-bond acceptors (Lipinski definition) is 3. The van der Waals surface area contributed by atoms with Crippen LogP contribution in [0.2, 0.25) is 0 Å². The topological polar surface area (TPSA) is 46.6 Å². The zero-order valence-corrected chi connectivity index (χ0v) is 13.4. The van der Waals surface area contributed by atoms with Crippen LogP contribution in [0.3, 0.4) is 0 Å². The minimum Gasteiger partial charge on any atom is -0.467 e. The van der Waals surface area contributed by atoms with E-state index in [1.165, 1.54) is 7.11 Å². The SMILES string of the molecule is COC(=O)C1CCC(=O)N1C1CC(C)(C)CC(C)(C)C1. The highest BCUT2D eigenvalue weighted by Gasteiger charge is 2.47. The second-order valence-electron chi connectivity index (χ2n) is 7.95. The van der Waals surface area contributed by atoms with Gasteiger partial charge in [-0.25, -0.2) is 4.79 Å². The average Bonchev–Trinajstić information content (AvgIpc) is 2.66. The van der Waals surface area contributed by atoms with Crippen LogP contribution in [0.15, 0.2) is 0 Å². The molecule has 1 saturated heterocycles. The maximum absolute atomic E-state index is 12.2. The number of carbonyl (C=O) groups excluding carboxylic acids is 2. The van der Waals surface area contributed by atoms with Gasteiger partial charge in [-0.2, -0.15) is 0 Å². The number of rotatable bonds is 2. The van der Waals surface area contributed by atoms with E-state index in [1.54, 1.807) is 0 Å². The quantitative estimate of drug-likeness (QED) is 0.731. The van der Waals surface area contributed by atoms with Crippen molar-refractivity contribution in [3.8, 4) is 0 Å². The number of esters is 1. The van der Waals surface area contributed by atoms with Crippen molar-refractivity contribution in [3.05, 3.63) is 0 Å². The highest BCUT2D eigenvalue weighted by molar-refractivity contribution is 5.88. The molecule has 0 bridgehead atoms. The van der Waals surface area contributed by atoms with E-state index < -0.39 is 0 Å². The third-order valence-electron chi connectivity index (χ3n) is 4.66. The number of likely N-dealkylation sites (tertiary alicyclic amines) is 1. The molecule has 0 aromatic heterocycles. The molecule has 2 fully saturated rings. The van der Waals surface area contributed by atoms with Crippen molar-refractivity contribution in [1.82, 2.24) is 4.90 Å². The van der Waals surface area contributed by atoms with Gasteiger partial charge in [0.25, 0.3) is 0 Å². The molecule has 0 aromatic rings. The van der Waals surface area contributed by atoms with E-state index in [4.69, 9.17) is 4.74 Å². The largest absolute Gasteiger partial charge is 0.467 e. The third kappa shape index (κ3) is 2.99. The Morgan fingerprint density at radius 2 is 1.75 bits per heavy atom. The van der Waals surface area contributed by atoms with Crippen LogP contribution in [0.5, 0.6) is 0 Å². The number of carbonyl (C=O) groups is 2. The highest BCUT2D eigenvalue weighted by Crippen LogP contribution is 2.48. The molecule has 1 aliphatic carbocycles. The standard InChI is InChI=1S/C16H27NO3/c1-15(2)8-11(9-16(3,4)10-15)17-12(14(19)20-5)6-7-13(17)18/h11-12H,6-10H2,1-5H3. The molecule has 20 heavy (non-hydrogen) atoms. The number of methoxy groups -OCH3 is 1. The Kier molecular flexibility index (Phi) is 3.87. The fraction of sp³-hybridized carbons (Fsp3) is 0.875. The molecule has 4 heteroatoms. The summed E-state index contributed by atoms with van der Waals surface area (Å²) in [5.74, 6) is -0.157. The Balaban J connectivity index is 2.23. The van der Waals surface area contributed by atoms with Crippen LogP contribution in [0, 0.1) is 10.8 Å². The van der Waals surface area contributed by atoms with Gasteiger partial charge < -0.3 is 9.64 Å². The zero-order chi connectivity index (χ0) is 15.1. The predicted molar refractivity (Wildman–Crippen MR) is 77.1 cm³/mol. The van der Waals surface area contributed by atoms with E-state index in [2.05, 4.69) is 27.7 Å². The van der Waals surface area contributed by atoms with Gasteiger partial charge in [0.1, 0.15) is 6.04 Å². The fourth-order valence-electron chi connectivity index (χ4n) is 4.51. The first-order valence-corrected chi connectivity index (χ1v) is 7.54. The van der Waals surface area contributed by atoms with E-state index in [9.17, 15) is 9.59 Å². The van der Waals surface area contributed by atoms with E-state index in [0.29, 0.717) is 12.8 Å². The van der Waals surface area contributed by atoms with Crippen LogP contribution in [-0.2, 0) is 14.3 Å². The Hall–Kier alpha value is -1.06. The number of ether oxygens (including phenoxy) is 1. The van der Waals surface area contributed by atoms with Gasteiger partial charge in [-0.15, -0.1) is 0 Å². The first-order chi connectivity index (χ1) is 9.15. The van der Waals surface area contributed by atoms with Gasteiger partial charge in [-0.1, -0.05) is 27.7 Å². The molecule has 2 aliphatic rings. The Bertz CT molecular complexity index is 398. The molecule has 0 spiro atoms. The molecule has 0 aromatic carbocycles. The van der Waals surface area contributed by atoms with Gasteiger partial charge in [-0.05, 0) is 36.5 Å². The average molecular weight is 281 g/mol. The van der Waals surface area contributed by atoms with Crippen molar-refractivity contribution in [2.24, 2.45) is 10.8 Å². The van der Waals surface area contributed by atoms with Crippen LogP contribution < -0.4 is 0 Å². The van der Waals surface area contributed by atoms with Crippen LogP contribution in [0.25, 0.3) is 0 Å². The monoisotopic (exact) mass is 281 g/mol. The second-order valence-corrected chi connectivity index (χ2v) is 7.95. The zero-order valence-electron chi connectivity index (χ0n) is 13.4. The van der Waals surface area contributed by atoms with E-state index in [-0.39, 0.29) is 34.8 Å². The molecular formula is C16H27NO3. The predicted octanol–water partition coefficient (Wildman–Crippen LogP) is 2.76. The highest BCUT2D eigenvalue weighted by atomic mass is 16.5. The lowest BCUT2D eigenvalue weighted by molar-refractivity contribution is -0.152. The summed E-state index contributed by atoms with van der Waals surface area (Å²) in [6.45, 7) is 9.03. The molecule has 1 amide bonds. The summed E-state index contributed by atoms with van der Waals surface area (Å²) in [5, 5.41) is 0. The van der Waals surface area contributed by atoms with Crippen molar-refractivity contribution in [2.45, 2.75) is 71.9 Å². The first kappa shape index (κ1) is 15.3. The molecule has 1 saturated carbocycles. The van der Waals surface area contributed by atoms with Crippen molar-refractivity contribution in [2.75, 3.05) is 7.11 Å². The summed E-state index contributed by atoms with van der Waals surface area (Å²) in [5.41, 5.74) is 0.409. The minimum absolute atomic E-state index is 0.110. The Morgan fingerprint density at radius 1 is 1.20 bits per heavy atom. The molecule has 1 heterocycles. The molecule has 1 unspecified atom stereocenters. The van der Waals surface area contributed by atoms with Gasteiger partial charge in [-0.3, -0.25) is 4.79 Å². The first-order valence-electron chi connectivity index (χ1n) is 7.54. The van der Waals surface area contributed by atoms with E-state index in [1.807, 2.05) is 4.90 Å². The van der Waals surface area contributed by atoms with Crippen molar-refractivity contribution < 1.29 is 14.3 Å². The summed E-state index contributed by atoms with van der Waals surface area (Å²) in [7, 11) is 1.40. The minimum atomic E-state index is -0.373. The molecule has 0 radical (unpaired) electrons. The summed E-state index contributed by atoms with van der Waals surface area (Å²) < 4.78 is 4.87. The van der Waals surface area contributed by atoms with Crippen LogP contribution >= 0.6 is 0 Å².